The summed E-state index contributed by atoms with van der Waals surface area (Å²) >= 11 is 3.21. The number of fused-ring (bicyclic) bond motifs is 1. The van der Waals surface area contributed by atoms with Gasteiger partial charge in [0.05, 0.1) is 5.92 Å². The average molecular weight is 405 g/mol. The summed E-state index contributed by atoms with van der Waals surface area (Å²) in [4.78, 5) is 12.6. The minimum Gasteiger partial charge on any atom is -0.362 e. The number of carbonyl (C=O) groups excluding carboxylic acids is 1. The Morgan fingerprint density at radius 1 is 1.25 bits per heavy atom. The highest BCUT2D eigenvalue weighted by molar-refractivity contribution is 9.10. The topological polar surface area (TPSA) is 52.9 Å². The van der Waals surface area contributed by atoms with Crippen molar-refractivity contribution in [2.75, 3.05) is 0 Å². The second-order valence-electron chi connectivity index (χ2n) is 6.09. The van der Waals surface area contributed by atoms with Gasteiger partial charge in [-0.2, -0.15) is 23.3 Å². The lowest BCUT2D eigenvalue weighted by Crippen LogP contribution is -2.61. The fraction of sp³-hybridized carbons (Fsp3) is 0.500. The zero-order valence-corrected chi connectivity index (χ0v) is 14.3. The van der Waals surface area contributed by atoms with E-state index < -0.39 is 23.7 Å². The number of alkyl halides is 3. The first-order chi connectivity index (χ1) is 11.2. The molecule has 1 aromatic carbocycles. The van der Waals surface area contributed by atoms with Crippen LogP contribution in [0, 0.1) is 5.92 Å². The Hall–Kier alpha value is -1.41. The summed E-state index contributed by atoms with van der Waals surface area (Å²) < 4.78 is 41.8. The molecule has 130 valence electrons. The van der Waals surface area contributed by atoms with E-state index in [1.54, 1.807) is 12.1 Å². The molecule has 1 saturated carbocycles. The zero-order chi connectivity index (χ0) is 17.5. The molecule has 1 N–H and O–H groups in total. The van der Waals surface area contributed by atoms with E-state index in [0.29, 0.717) is 23.7 Å². The van der Waals surface area contributed by atoms with E-state index >= 15 is 0 Å². The Morgan fingerprint density at radius 2 is 1.92 bits per heavy atom. The van der Waals surface area contributed by atoms with E-state index in [4.69, 9.17) is 0 Å². The summed E-state index contributed by atoms with van der Waals surface area (Å²) in [6.07, 6.45) is -2.37. The van der Waals surface area contributed by atoms with Crippen molar-refractivity contribution in [1.82, 2.24) is 5.01 Å². The van der Waals surface area contributed by atoms with E-state index in [2.05, 4.69) is 21.0 Å². The van der Waals surface area contributed by atoms with E-state index in [-0.39, 0.29) is 22.7 Å². The van der Waals surface area contributed by atoms with Crippen molar-refractivity contribution in [3.8, 4) is 0 Å². The lowest BCUT2D eigenvalue weighted by atomic mass is 9.87. The van der Waals surface area contributed by atoms with Crippen LogP contribution in [-0.2, 0) is 0 Å². The molecule has 3 rings (SSSR count). The highest BCUT2D eigenvalue weighted by Crippen LogP contribution is 2.48. The second kappa shape index (κ2) is 6.15. The van der Waals surface area contributed by atoms with Crippen LogP contribution in [0.25, 0.3) is 0 Å². The van der Waals surface area contributed by atoms with Gasteiger partial charge in [0.15, 0.2) is 0 Å². The van der Waals surface area contributed by atoms with Crippen LogP contribution in [0.1, 0.15) is 42.5 Å². The summed E-state index contributed by atoms with van der Waals surface area (Å²) in [6, 6.07) is 5.91. The van der Waals surface area contributed by atoms with Crippen molar-refractivity contribution in [1.29, 1.82) is 0 Å². The van der Waals surface area contributed by atoms with Gasteiger partial charge in [0.25, 0.3) is 11.6 Å². The number of carbonyl (C=O) groups is 1. The molecule has 1 heterocycles. The molecule has 4 nitrogen and oxygen atoms in total. The van der Waals surface area contributed by atoms with Crippen molar-refractivity contribution >= 4 is 27.5 Å². The molecule has 0 unspecified atom stereocenters. The SMILES string of the molecule is O=C(c1ccc(Br)cc1)N1N=C2CCCCC[C@@H]2[C@@]1(O)C(F)(F)F. The molecule has 2 aliphatic rings. The summed E-state index contributed by atoms with van der Waals surface area (Å²) in [6.45, 7) is 0. The van der Waals surface area contributed by atoms with Crippen LogP contribution in [0.3, 0.4) is 0 Å². The molecular formula is C16H16BrF3N2O2. The molecule has 24 heavy (non-hydrogen) atoms. The Labute approximate surface area is 145 Å². The molecule has 1 amide bonds. The van der Waals surface area contributed by atoms with E-state index in [0.717, 1.165) is 6.42 Å². The quantitative estimate of drug-likeness (QED) is 0.765. The minimum atomic E-state index is -4.99. The van der Waals surface area contributed by atoms with Crippen LogP contribution in [-0.4, -0.2) is 33.6 Å². The zero-order valence-electron chi connectivity index (χ0n) is 12.7. The molecule has 0 spiro atoms. The minimum absolute atomic E-state index is 0.0432. The van der Waals surface area contributed by atoms with Crippen molar-refractivity contribution in [3.63, 3.8) is 0 Å². The summed E-state index contributed by atoms with van der Waals surface area (Å²) in [7, 11) is 0. The van der Waals surface area contributed by atoms with Gasteiger partial charge < -0.3 is 5.11 Å². The smallest absolute Gasteiger partial charge is 0.362 e. The maximum atomic E-state index is 13.7. The van der Waals surface area contributed by atoms with Gasteiger partial charge in [-0.1, -0.05) is 28.8 Å². The second-order valence-corrected chi connectivity index (χ2v) is 7.01. The van der Waals surface area contributed by atoms with Gasteiger partial charge in [-0.3, -0.25) is 4.79 Å². The summed E-state index contributed by atoms with van der Waals surface area (Å²) in [5.74, 6) is -2.15. The first kappa shape index (κ1) is 17.4. The molecule has 1 aromatic rings. The monoisotopic (exact) mass is 404 g/mol. The Balaban J connectivity index is 2.03. The third kappa shape index (κ3) is 2.75. The van der Waals surface area contributed by atoms with Gasteiger partial charge in [0.1, 0.15) is 0 Å². The molecule has 8 heteroatoms. The Bertz CT molecular complexity index is 675. The van der Waals surface area contributed by atoms with Gasteiger partial charge in [0, 0.05) is 15.7 Å². The van der Waals surface area contributed by atoms with Crippen LogP contribution in [0.5, 0.6) is 0 Å². The number of hydrogen-bond acceptors (Lipinski definition) is 3. The fourth-order valence-electron chi connectivity index (χ4n) is 3.31. The van der Waals surface area contributed by atoms with Gasteiger partial charge in [-0.05, 0) is 43.5 Å². The molecule has 0 bridgehead atoms. The average Bonchev–Trinajstić information content (AvgIpc) is 2.68. The van der Waals surface area contributed by atoms with Crippen LogP contribution in [0.15, 0.2) is 33.8 Å². The van der Waals surface area contributed by atoms with Crippen molar-refractivity contribution in [3.05, 3.63) is 34.3 Å². The molecule has 1 aliphatic heterocycles. The summed E-state index contributed by atoms with van der Waals surface area (Å²) in [5.41, 5.74) is -2.98. The highest BCUT2D eigenvalue weighted by atomic mass is 79.9. The number of halogens is 4. The molecule has 1 fully saturated rings. The highest BCUT2D eigenvalue weighted by Gasteiger charge is 2.68. The molecule has 1 aliphatic carbocycles. The van der Waals surface area contributed by atoms with Crippen molar-refractivity contribution in [2.45, 2.75) is 44.0 Å². The number of rotatable bonds is 1. The van der Waals surface area contributed by atoms with Crippen molar-refractivity contribution in [2.24, 2.45) is 11.0 Å². The molecule has 0 saturated heterocycles. The first-order valence-corrected chi connectivity index (χ1v) is 8.51. The maximum Gasteiger partial charge on any atom is 0.439 e. The number of nitrogens with zero attached hydrogens (tertiary/aromatic N) is 2. The number of aliphatic hydroxyl groups is 1. The van der Waals surface area contributed by atoms with Gasteiger partial charge in [-0.15, -0.1) is 0 Å². The summed E-state index contributed by atoms with van der Waals surface area (Å²) in [5, 5.41) is 14.7. The maximum absolute atomic E-state index is 13.7. The van der Waals surface area contributed by atoms with Crippen LogP contribution in [0.2, 0.25) is 0 Å². The first-order valence-electron chi connectivity index (χ1n) is 7.71. The Morgan fingerprint density at radius 3 is 2.54 bits per heavy atom. The lowest BCUT2D eigenvalue weighted by molar-refractivity contribution is -0.312. The van der Waals surface area contributed by atoms with Crippen LogP contribution < -0.4 is 0 Å². The molecule has 0 aromatic heterocycles. The van der Waals surface area contributed by atoms with E-state index in [9.17, 15) is 23.1 Å². The number of hydrogen-bond donors (Lipinski definition) is 1. The normalized spacial score (nSPS) is 27.5. The third-order valence-electron chi connectivity index (χ3n) is 4.57. The third-order valence-corrected chi connectivity index (χ3v) is 5.09. The standard InChI is InChI=1S/C16H16BrF3N2O2/c17-11-8-6-10(7-9-11)14(23)22-15(24,16(18,19)20)12-4-2-1-3-5-13(12)21-22/h6-9,12,24H,1-5H2/t12-,15+/m0/s1. The van der Waals surface area contributed by atoms with Gasteiger partial charge in [0.2, 0.25) is 0 Å². The molecular weight excluding hydrogens is 389 g/mol. The number of benzene rings is 1. The van der Waals surface area contributed by atoms with Crippen LogP contribution in [0.4, 0.5) is 13.2 Å². The molecule has 2 atom stereocenters. The van der Waals surface area contributed by atoms with Gasteiger partial charge in [-0.25, -0.2) is 0 Å². The number of amides is 1. The Kier molecular flexibility index (Phi) is 4.46. The lowest BCUT2D eigenvalue weighted by Gasteiger charge is -2.37. The van der Waals surface area contributed by atoms with E-state index in [1.807, 2.05) is 0 Å². The number of hydrazone groups is 1. The largest absolute Gasteiger partial charge is 0.439 e. The fourth-order valence-corrected chi connectivity index (χ4v) is 3.57. The van der Waals surface area contributed by atoms with Crippen LogP contribution >= 0.6 is 15.9 Å². The molecule has 0 radical (unpaired) electrons. The van der Waals surface area contributed by atoms with Gasteiger partial charge >= 0.3 is 6.18 Å². The predicted octanol–water partition coefficient (Wildman–Crippen LogP) is 4.09. The predicted molar refractivity (Wildman–Crippen MR) is 85.3 cm³/mol. The van der Waals surface area contributed by atoms with Crippen molar-refractivity contribution < 1.29 is 23.1 Å². The van der Waals surface area contributed by atoms with E-state index in [1.165, 1.54) is 12.1 Å².